The molecule has 12 heavy (non-hydrogen) atoms. The van der Waals surface area contributed by atoms with Crippen LogP contribution in [0.1, 0.15) is 41.5 Å². The fraction of sp³-hybridized carbons (Fsp3) is 1.00. The Hall–Kier alpha value is 0.137. The zero-order valence-electron chi connectivity index (χ0n) is 9.31. The highest BCUT2D eigenvalue weighted by Crippen LogP contribution is 2.37. The Morgan fingerprint density at radius 3 is 1.08 bits per heavy atom. The number of hydrazine groups is 1. The van der Waals surface area contributed by atoms with Gasteiger partial charge in [-0.25, -0.2) is 0 Å². The molecule has 3 heteroatoms. The molecule has 0 aliphatic heterocycles. The van der Waals surface area contributed by atoms with Crippen LogP contribution < -0.4 is 10.9 Å². The summed E-state index contributed by atoms with van der Waals surface area (Å²) in [5.74, 6) is 5.72. The molecular formula is C9H24N2Si. The molecule has 2 nitrogen and oxygen atoms in total. The van der Waals surface area contributed by atoms with Crippen LogP contribution in [0.25, 0.3) is 0 Å². The minimum absolute atomic E-state index is 0.697. The fourth-order valence-corrected chi connectivity index (χ4v) is 7.50. The lowest BCUT2D eigenvalue weighted by Gasteiger charge is -2.41. The molecule has 0 atom stereocenters. The van der Waals surface area contributed by atoms with Crippen molar-refractivity contribution < 1.29 is 0 Å². The van der Waals surface area contributed by atoms with E-state index in [-0.39, 0.29) is 0 Å². The van der Waals surface area contributed by atoms with Crippen LogP contribution in [0.2, 0.25) is 16.6 Å². The van der Waals surface area contributed by atoms with Crippen molar-refractivity contribution in [2.75, 3.05) is 0 Å². The molecule has 0 radical (unpaired) electrons. The molecule has 3 N–H and O–H groups in total. The Morgan fingerprint density at radius 1 is 0.833 bits per heavy atom. The minimum Gasteiger partial charge on any atom is -0.280 e. The van der Waals surface area contributed by atoms with Gasteiger partial charge in [0.2, 0.25) is 0 Å². The van der Waals surface area contributed by atoms with Gasteiger partial charge in [-0.1, -0.05) is 41.5 Å². The monoisotopic (exact) mass is 188 g/mol. The molecule has 0 aromatic carbocycles. The molecule has 0 amide bonds. The molecule has 0 aromatic heterocycles. The summed E-state index contributed by atoms with van der Waals surface area (Å²) in [6.07, 6.45) is 0. The Labute approximate surface area is 78.0 Å². The van der Waals surface area contributed by atoms with Crippen LogP contribution >= 0.6 is 0 Å². The summed E-state index contributed by atoms with van der Waals surface area (Å²) in [5.41, 5.74) is 2.09. The summed E-state index contributed by atoms with van der Waals surface area (Å²) in [5, 5.41) is 3.15. The summed E-state index contributed by atoms with van der Waals surface area (Å²) in [7, 11) is -1.47. The topological polar surface area (TPSA) is 38.0 Å². The Morgan fingerprint density at radius 2 is 1.08 bits per heavy atom. The SMILES string of the molecule is CC(C)[Si](NN)(C(C)C)C(C)C. The van der Waals surface area contributed by atoms with Crippen molar-refractivity contribution in [1.29, 1.82) is 0 Å². The molecule has 0 heterocycles. The molecule has 74 valence electrons. The molecule has 0 saturated carbocycles. The third kappa shape index (κ3) is 1.89. The summed E-state index contributed by atoms with van der Waals surface area (Å²) in [6.45, 7) is 13.7. The van der Waals surface area contributed by atoms with E-state index in [2.05, 4.69) is 46.6 Å². The number of hydrogen-bond donors (Lipinski definition) is 2. The average Bonchev–Trinajstić information content (AvgIpc) is 1.86. The maximum atomic E-state index is 5.72. The number of rotatable bonds is 4. The highest BCUT2D eigenvalue weighted by Gasteiger charge is 2.42. The van der Waals surface area contributed by atoms with Gasteiger partial charge in [0, 0.05) is 0 Å². The molecule has 0 spiro atoms. The summed E-state index contributed by atoms with van der Waals surface area (Å²) in [6, 6.07) is 0. The third-order valence-electron chi connectivity index (χ3n) is 3.12. The predicted octanol–water partition coefficient (Wildman–Crippen LogP) is 2.63. The van der Waals surface area contributed by atoms with Crippen LogP contribution in [0.15, 0.2) is 0 Å². The van der Waals surface area contributed by atoms with Gasteiger partial charge in [-0.2, -0.15) is 0 Å². The first-order chi connectivity index (χ1) is 5.39. The third-order valence-corrected chi connectivity index (χ3v) is 9.35. The number of hydrogen-bond acceptors (Lipinski definition) is 2. The van der Waals surface area contributed by atoms with E-state index in [9.17, 15) is 0 Å². The highest BCUT2D eigenvalue weighted by molar-refractivity contribution is 6.81. The van der Waals surface area contributed by atoms with Crippen LogP contribution in [0.5, 0.6) is 0 Å². The lowest BCUT2D eigenvalue weighted by molar-refractivity contribution is 0.747. The average molecular weight is 188 g/mol. The van der Waals surface area contributed by atoms with Crippen molar-refractivity contribution in [1.82, 2.24) is 5.09 Å². The second kappa shape index (κ2) is 4.39. The van der Waals surface area contributed by atoms with E-state index < -0.39 is 8.24 Å². The van der Waals surface area contributed by atoms with Gasteiger partial charge >= 0.3 is 0 Å². The van der Waals surface area contributed by atoms with Crippen molar-refractivity contribution >= 4 is 8.24 Å². The van der Waals surface area contributed by atoms with Crippen molar-refractivity contribution in [2.24, 2.45) is 5.84 Å². The second-order valence-corrected chi connectivity index (χ2v) is 10.2. The molecular weight excluding hydrogens is 164 g/mol. The first-order valence-corrected chi connectivity index (χ1v) is 7.10. The van der Waals surface area contributed by atoms with E-state index in [1.807, 2.05) is 0 Å². The van der Waals surface area contributed by atoms with E-state index >= 15 is 0 Å². The smallest absolute Gasteiger partial charge is 0.148 e. The van der Waals surface area contributed by atoms with Crippen LogP contribution in [-0.4, -0.2) is 8.24 Å². The van der Waals surface area contributed by atoms with Crippen molar-refractivity contribution in [3.63, 3.8) is 0 Å². The van der Waals surface area contributed by atoms with Gasteiger partial charge in [-0.15, -0.1) is 0 Å². The standard InChI is InChI=1S/C9H24N2Si/c1-7(2)12(11-10,8(3)4)9(5)6/h7-9,11H,10H2,1-6H3. The summed E-state index contributed by atoms with van der Waals surface area (Å²) in [4.78, 5) is 0. The molecule has 0 aromatic rings. The van der Waals surface area contributed by atoms with Crippen molar-refractivity contribution in [3.05, 3.63) is 0 Å². The Bertz CT molecular complexity index is 111. The number of nitrogens with two attached hydrogens (primary N) is 1. The van der Waals surface area contributed by atoms with Crippen molar-refractivity contribution in [3.8, 4) is 0 Å². The van der Waals surface area contributed by atoms with E-state index in [0.717, 1.165) is 0 Å². The minimum atomic E-state index is -1.47. The lowest BCUT2D eigenvalue weighted by atomic mass is 10.5. The van der Waals surface area contributed by atoms with Gasteiger partial charge in [0.05, 0.1) is 0 Å². The molecule has 0 unspecified atom stereocenters. The molecule has 0 fully saturated rings. The van der Waals surface area contributed by atoms with Crippen LogP contribution in [0.3, 0.4) is 0 Å². The number of nitrogens with one attached hydrogen (secondary N) is 1. The van der Waals surface area contributed by atoms with E-state index in [1.165, 1.54) is 0 Å². The normalized spacial score (nSPS) is 13.5. The molecule has 0 bridgehead atoms. The zero-order chi connectivity index (χ0) is 9.94. The summed E-state index contributed by atoms with van der Waals surface area (Å²) >= 11 is 0. The lowest BCUT2D eigenvalue weighted by Crippen LogP contribution is -2.60. The van der Waals surface area contributed by atoms with Crippen LogP contribution in [-0.2, 0) is 0 Å². The zero-order valence-corrected chi connectivity index (χ0v) is 10.3. The second-order valence-electron chi connectivity index (χ2n) is 4.54. The first-order valence-electron chi connectivity index (χ1n) is 4.87. The molecule has 0 aliphatic rings. The fourth-order valence-electron chi connectivity index (χ4n) is 2.50. The van der Waals surface area contributed by atoms with Gasteiger partial charge in [0.25, 0.3) is 0 Å². The van der Waals surface area contributed by atoms with E-state index in [4.69, 9.17) is 5.84 Å². The maximum Gasteiger partial charge on any atom is 0.148 e. The Kier molecular flexibility index (Phi) is 4.44. The predicted molar refractivity (Wildman–Crippen MR) is 58.4 cm³/mol. The van der Waals surface area contributed by atoms with Gasteiger partial charge in [-0.05, 0) is 16.6 Å². The van der Waals surface area contributed by atoms with E-state index in [0.29, 0.717) is 16.6 Å². The summed E-state index contributed by atoms with van der Waals surface area (Å²) < 4.78 is 0. The van der Waals surface area contributed by atoms with Crippen LogP contribution in [0.4, 0.5) is 0 Å². The molecule has 0 aliphatic carbocycles. The Balaban J connectivity index is 4.77. The molecule has 0 rings (SSSR count). The maximum absolute atomic E-state index is 5.72. The highest BCUT2D eigenvalue weighted by atomic mass is 28.3. The quantitative estimate of drug-likeness (QED) is 0.404. The van der Waals surface area contributed by atoms with Gasteiger partial charge in [0.15, 0.2) is 0 Å². The molecule has 0 saturated heterocycles. The van der Waals surface area contributed by atoms with E-state index in [1.54, 1.807) is 0 Å². The largest absolute Gasteiger partial charge is 0.280 e. The first kappa shape index (κ1) is 12.1. The van der Waals surface area contributed by atoms with Gasteiger partial charge in [0.1, 0.15) is 8.24 Å². The van der Waals surface area contributed by atoms with Crippen molar-refractivity contribution in [2.45, 2.75) is 58.2 Å². The van der Waals surface area contributed by atoms with Gasteiger partial charge in [-0.3, -0.25) is 10.9 Å². The van der Waals surface area contributed by atoms with Crippen LogP contribution in [0, 0.1) is 0 Å². The van der Waals surface area contributed by atoms with Gasteiger partial charge < -0.3 is 0 Å².